The molecule has 1 N–H and O–H groups in total. The lowest BCUT2D eigenvalue weighted by molar-refractivity contribution is 0.0981. The monoisotopic (exact) mass is 386 g/mol. The number of sulfonamides is 1. The van der Waals surface area contributed by atoms with Crippen molar-refractivity contribution in [3.8, 4) is 5.75 Å². The molecule has 1 saturated carbocycles. The molecule has 2 aromatic carbocycles. The number of nitrogens with one attached hydrogen (secondary N) is 1. The molecule has 27 heavy (non-hydrogen) atoms. The van der Waals surface area contributed by atoms with Crippen LogP contribution < -0.4 is 14.4 Å². The molecule has 0 radical (unpaired) electrons. The predicted octanol–water partition coefficient (Wildman–Crippen LogP) is 2.73. The van der Waals surface area contributed by atoms with E-state index in [1.165, 1.54) is 13.2 Å². The summed E-state index contributed by atoms with van der Waals surface area (Å²) in [7, 11) is -2.32. The van der Waals surface area contributed by atoms with E-state index in [1.807, 2.05) is 31.2 Å². The number of ether oxygens (including phenoxy) is 1. The van der Waals surface area contributed by atoms with E-state index in [-0.39, 0.29) is 28.6 Å². The summed E-state index contributed by atoms with van der Waals surface area (Å²) in [4.78, 5) is 14.9. The Hall–Kier alpha value is -2.38. The molecule has 0 bridgehead atoms. The number of carbonyl (C=O) groups is 1. The van der Waals surface area contributed by atoms with Crippen molar-refractivity contribution >= 4 is 21.6 Å². The van der Waals surface area contributed by atoms with Crippen LogP contribution >= 0.6 is 0 Å². The summed E-state index contributed by atoms with van der Waals surface area (Å²) >= 11 is 0. The van der Waals surface area contributed by atoms with Crippen molar-refractivity contribution < 1.29 is 17.9 Å². The summed E-state index contributed by atoms with van der Waals surface area (Å²) in [5.74, 6) is 0.0209. The second-order valence-corrected chi connectivity index (χ2v) is 8.80. The number of carbonyl (C=O) groups excluding carboxylic acids is 1. The first-order valence-electron chi connectivity index (χ1n) is 9.02. The van der Waals surface area contributed by atoms with Crippen molar-refractivity contribution in [1.82, 2.24) is 4.72 Å². The van der Waals surface area contributed by atoms with Crippen molar-refractivity contribution in [2.75, 3.05) is 12.0 Å². The standard InChI is InChI=1S/C20H22N2O4S/c1-13-11-14-5-3-4-6-17(14)22(13)20(23)15-7-10-18(26-2)19(12-15)27(24,25)21-16-8-9-16/h3-7,10,12-13,16,21H,8-9,11H2,1-2H3. The van der Waals surface area contributed by atoms with E-state index < -0.39 is 10.0 Å². The maximum Gasteiger partial charge on any atom is 0.258 e. The Kier molecular flexibility index (Phi) is 4.44. The van der Waals surface area contributed by atoms with Gasteiger partial charge < -0.3 is 9.64 Å². The molecule has 0 aromatic heterocycles. The summed E-state index contributed by atoms with van der Waals surface area (Å²) in [6.07, 6.45) is 2.46. The zero-order chi connectivity index (χ0) is 19.2. The lowest BCUT2D eigenvalue weighted by Gasteiger charge is -2.23. The number of methoxy groups -OCH3 is 1. The zero-order valence-corrected chi connectivity index (χ0v) is 16.1. The number of hydrogen-bond donors (Lipinski definition) is 1. The summed E-state index contributed by atoms with van der Waals surface area (Å²) in [6.45, 7) is 1.99. The second-order valence-electron chi connectivity index (χ2n) is 7.12. The highest BCUT2D eigenvalue weighted by molar-refractivity contribution is 7.89. The van der Waals surface area contributed by atoms with Crippen LogP contribution in [0.4, 0.5) is 5.69 Å². The Balaban J connectivity index is 1.72. The molecule has 1 amide bonds. The van der Waals surface area contributed by atoms with Crippen LogP contribution in [0.5, 0.6) is 5.75 Å². The maximum absolute atomic E-state index is 13.2. The number of anilines is 1. The van der Waals surface area contributed by atoms with Crippen LogP contribution in [0.15, 0.2) is 47.4 Å². The highest BCUT2D eigenvalue weighted by Crippen LogP contribution is 2.34. The average molecular weight is 386 g/mol. The van der Waals surface area contributed by atoms with Crippen LogP contribution in [0.3, 0.4) is 0 Å². The van der Waals surface area contributed by atoms with Gasteiger partial charge in [-0.15, -0.1) is 0 Å². The molecule has 4 rings (SSSR count). The van der Waals surface area contributed by atoms with E-state index in [1.54, 1.807) is 17.0 Å². The molecule has 7 heteroatoms. The Morgan fingerprint density at radius 1 is 1.19 bits per heavy atom. The third kappa shape index (κ3) is 3.33. The van der Waals surface area contributed by atoms with Gasteiger partial charge in [-0.2, -0.15) is 0 Å². The van der Waals surface area contributed by atoms with E-state index in [0.717, 1.165) is 30.5 Å². The number of fused-ring (bicyclic) bond motifs is 1. The summed E-state index contributed by atoms with van der Waals surface area (Å²) in [5, 5.41) is 0. The van der Waals surface area contributed by atoms with Gasteiger partial charge in [0.1, 0.15) is 10.6 Å². The molecule has 2 aliphatic rings. The highest BCUT2D eigenvalue weighted by atomic mass is 32.2. The molecule has 1 fully saturated rings. The van der Waals surface area contributed by atoms with E-state index >= 15 is 0 Å². The fraction of sp³-hybridized carbons (Fsp3) is 0.350. The minimum Gasteiger partial charge on any atom is -0.495 e. The van der Waals surface area contributed by atoms with Gasteiger partial charge in [-0.25, -0.2) is 13.1 Å². The molecule has 2 aromatic rings. The number of amides is 1. The van der Waals surface area contributed by atoms with E-state index in [0.29, 0.717) is 5.56 Å². The van der Waals surface area contributed by atoms with Crippen LogP contribution in [-0.4, -0.2) is 33.5 Å². The largest absolute Gasteiger partial charge is 0.495 e. The Morgan fingerprint density at radius 3 is 2.63 bits per heavy atom. The topological polar surface area (TPSA) is 75.7 Å². The van der Waals surface area contributed by atoms with Crippen LogP contribution in [0, 0.1) is 0 Å². The van der Waals surface area contributed by atoms with E-state index in [2.05, 4.69) is 4.72 Å². The van der Waals surface area contributed by atoms with Crippen LogP contribution in [0.2, 0.25) is 0 Å². The quantitative estimate of drug-likeness (QED) is 0.857. The fourth-order valence-electron chi connectivity index (χ4n) is 3.52. The fourth-order valence-corrected chi connectivity index (χ4v) is 5.02. The molecule has 0 saturated heterocycles. The molecule has 1 heterocycles. The lowest BCUT2D eigenvalue weighted by Crippen LogP contribution is -2.36. The number of hydrogen-bond acceptors (Lipinski definition) is 4. The van der Waals surface area contributed by atoms with Gasteiger partial charge >= 0.3 is 0 Å². The van der Waals surface area contributed by atoms with Gasteiger partial charge in [0.15, 0.2) is 0 Å². The third-order valence-electron chi connectivity index (χ3n) is 5.03. The van der Waals surface area contributed by atoms with Crippen LogP contribution in [0.1, 0.15) is 35.7 Å². The van der Waals surface area contributed by atoms with Gasteiger partial charge in [0, 0.05) is 23.3 Å². The molecule has 0 spiro atoms. The van der Waals surface area contributed by atoms with Gasteiger partial charge in [-0.1, -0.05) is 18.2 Å². The molecule has 142 valence electrons. The summed E-state index contributed by atoms with van der Waals surface area (Å²) in [5.41, 5.74) is 2.33. The average Bonchev–Trinajstić information content (AvgIpc) is 3.39. The van der Waals surface area contributed by atoms with Crippen molar-refractivity contribution in [3.05, 3.63) is 53.6 Å². The molecule has 1 atom stereocenters. The number of para-hydroxylation sites is 1. The van der Waals surface area contributed by atoms with Crippen molar-refractivity contribution in [2.45, 2.75) is 43.2 Å². The molecule has 1 unspecified atom stereocenters. The van der Waals surface area contributed by atoms with Crippen LogP contribution in [0.25, 0.3) is 0 Å². The molecule has 6 nitrogen and oxygen atoms in total. The van der Waals surface area contributed by atoms with Gasteiger partial charge in [-0.05, 0) is 56.0 Å². The van der Waals surface area contributed by atoms with Gasteiger partial charge in [0.2, 0.25) is 10.0 Å². The first-order valence-corrected chi connectivity index (χ1v) is 10.5. The van der Waals surface area contributed by atoms with Crippen molar-refractivity contribution in [3.63, 3.8) is 0 Å². The van der Waals surface area contributed by atoms with Gasteiger partial charge in [0.05, 0.1) is 7.11 Å². The van der Waals surface area contributed by atoms with Crippen LogP contribution in [-0.2, 0) is 16.4 Å². The Bertz CT molecular complexity index is 999. The lowest BCUT2D eigenvalue weighted by atomic mass is 10.1. The highest BCUT2D eigenvalue weighted by Gasteiger charge is 2.33. The summed E-state index contributed by atoms with van der Waals surface area (Å²) in [6, 6.07) is 12.4. The van der Waals surface area contributed by atoms with E-state index in [4.69, 9.17) is 4.74 Å². The first kappa shape index (κ1) is 18.0. The molecule has 1 aliphatic carbocycles. The minimum atomic E-state index is -3.74. The minimum absolute atomic E-state index is 0.00267. The number of rotatable bonds is 5. The normalized spacial score (nSPS) is 19.0. The third-order valence-corrected chi connectivity index (χ3v) is 6.57. The smallest absolute Gasteiger partial charge is 0.258 e. The number of nitrogens with zero attached hydrogens (tertiary/aromatic N) is 1. The second kappa shape index (κ2) is 6.65. The van der Waals surface area contributed by atoms with Crippen molar-refractivity contribution in [2.24, 2.45) is 0 Å². The maximum atomic E-state index is 13.2. The number of benzene rings is 2. The Morgan fingerprint density at radius 2 is 1.93 bits per heavy atom. The molecular formula is C20H22N2O4S. The SMILES string of the molecule is COc1ccc(C(=O)N2c3ccccc3CC2C)cc1S(=O)(=O)NC1CC1. The predicted molar refractivity (Wildman–Crippen MR) is 103 cm³/mol. The van der Waals surface area contributed by atoms with Gasteiger partial charge in [-0.3, -0.25) is 4.79 Å². The molecule has 1 aliphatic heterocycles. The first-order chi connectivity index (χ1) is 12.9. The van der Waals surface area contributed by atoms with Gasteiger partial charge in [0.25, 0.3) is 5.91 Å². The van der Waals surface area contributed by atoms with Crippen molar-refractivity contribution in [1.29, 1.82) is 0 Å². The summed E-state index contributed by atoms with van der Waals surface area (Å²) < 4.78 is 33.3. The zero-order valence-electron chi connectivity index (χ0n) is 15.3. The van der Waals surface area contributed by atoms with E-state index in [9.17, 15) is 13.2 Å². The Labute approximate surface area is 159 Å². The molecular weight excluding hydrogens is 364 g/mol.